The van der Waals surface area contributed by atoms with Crippen molar-refractivity contribution in [3.8, 4) is 0 Å². The predicted molar refractivity (Wildman–Crippen MR) is 59.6 cm³/mol. The van der Waals surface area contributed by atoms with E-state index in [1.165, 1.54) is 16.7 Å². The Balaban J connectivity index is 2.91. The Bertz CT molecular complexity index is 276. The Morgan fingerprint density at radius 3 is 2.21 bits per heavy atom. The number of ether oxygens (including phenoxy) is 1. The zero-order chi connectivity index (χ0) is 10.6. The standard InChI is InChI=1S/C12H19NO/c1-9-5-10(2)7-11(6-9)12(14-4)8-13-3/h5-7,12-13H,8H2,1-4H3. The zero-order valence-corrected chi connectivity index (χ0v) is 9.42. The molecule has 0 spiro atoms. The molecule has 2 nitrogen and oxygen atoms in total. The van der Waals surface area contributed by atoms with Crippen LogP contribution in [0.4, 0.5) is 0 Å². The van der Waals surface area contributed by atoms with Crippen molar-refractivity contribution in [3.63, 3.8) is 0 Å². The summed E-state index contributed by atoms with van der Waals surface area (Å²) in [4.78, 5) is 0. The van der Waals surface area contributed by atoms with Gasteiger partial charge in [-0.25, -0.2) is 0 Å². The van der Waals surface area contributed by atoms with Crippen molar-refractivity contribution in [3.05, 3.63) is 34.9 Å². The molecule has 2 heteroatoms. The summed E-state index contributed by atoms with van der Waals surface area (Å²) < 4.78 is 5.42. The molecule has 0 aliphatic rings. The van der Waals surface area contributed by atoms with Crippen LogP contribution >= 0.6 is 0 Å². The van der Waals surface area contributed by atoms with Gasteiger partial charge in [0.1, 0.15) is 0 Å². The van der Waals surface area contributed by atoms with Crippen LogP contribution in [-0.4, -0.2) is 20.7 Å². The first-order valence-corrected chi connectivity index (χ1v) is 4.93. The lowest BCUT2D eigenvalue weighted by Gasteiger charge is -2.16. The minimum atomic E-state index is 0.151. The van der Waals surface area contributed by atoms with E-state index in [4.69, 9.17) is 4.74 Å². The van der Waals surface area contributed by atoms with E-state index in [2.05, 4.69) is 37.4 Å². The van der Waals surface area contributed by atoms with Crippen LogP contribution in [0.5, 0.6) is 0 Å². The average Bonchev–Trinajstić information content (AvgIpc) is 2.12. The molecule has 0 aliphatic carbocycles. The van der Waals surface area contributed by atoms with Gasteiger partial charge in [-0.2, -0.15) is 0 Å². The van der Waals surface area contributed by atoms with Gasteiger partial charge in [-0.3, -0.25) is 0 Å². The molecule has 0 aliphatic heterocycles. The Labute approximate surface area is 86.3 Å². The maximum absolute atomic E-state index is 5.42. The SMILES string of the molecule is CNCC(OC)c1cc(C)cc(C)c1. The van der Waals surface area contributed by atoms with Gasteiger partial charge in [0.05, 0.1) is 6.10 Å². The van der Waals surface area contributed by atoms with Crippen molar-refractivity contribution in [2.45, 2.75) is 20.0 Å². The largest absolute Gasteiger partial charge is 0.375 e. The van der Waals surface area contributed by atoms with Gasteiger partial charge in [-0.15, -0.1) is 0 Å². The monoisotopic (exact) mass is 193 g/mol. The molecule has 0 heterocycles. The maximum atomic E-state index is 5.42. The molecule has 0 saturated carbocycles. The fraction of sp³-hybridized carbons (Fsp3) is 0.500. The number of hydrogen-bond donors (Lipinski definition) is 1. The van der Waals surface area contributed by atoms with E-state index in [1.54, 1.807) is 7.11 Å². The number of methoxy groups -OCH3 is 1. The second-order valence-electron chi connectivity index (χ2n) is 3.70. The third kappa shape index (κ3) is 2.82. The summed E-state index contributed by atoms with van der Waals surface area (Å²) in [5.74, 6) is 0. The topological polar surface area (TPSA) is 21.3 Å². The van der Waals surface area contributed by atoms with Gasteiger partial charge >= 0.3 is 0 Å². The molecule has 1 aromatic rings. The van der Waals surface area contributed by atoms with Crippen LogP contribution < -0.4 is 5.32 Å². The van der Waals surface area contributed by atoms with Gasteiger partial charge in [0.15, 0.2) is 0 Å². The number of nitrogens with one attached hydrogen (secondary N) is 1. The van der Waals surface area contributed by atoms with Crippen molar-refractivity contribution in [2.24, 2.45) is 0 Å². The molecule has 0 saturated heterocycles. The van der Waals surface area contributed by atoms with E-state index >= 15 is 0 Å². The Kier molecular flexibility index (Phi) is 4.11. The third-order valence-electron chi connectivity index (χ3n) is 2.29. The number of likely N-dealkylation sites (N-methyl/N-ethyl adjacent to an activating group) is 1. The number of aryl methyl sites for hydroxylation is 2. The first-order valence-electron chi connectivity index (χ1n) is 4.93. The van der Waals surface area contributed by atoms with Crippen LogP contribution in [-0.2, 0) is 4.74 Å². The fourth-order valence-corrected chi connectivity index (χ4v) is 1.72. The fourth-order valence-electron chi connectivity index (χ4n) is 1.72. The van der Waals surface area contributed by atoms with Crippen molar-refractivity contribution < 1.29 is 4.74 Å². The molecule has 1 rings (SSSR count). The molecule has 0 aromatic heterocycles. The van der Waals surface area contributed by atoms with E-state index < -0.39 is 0 Å². The summed E-state index contributed by atoms with van der Waals surface area (Å²) in [5, 5.41) is 3.13. The van der Waals surface area contributed by atoms with Gasteiger partial charge in [0, 0.05) is 13.7 Å². The molecule has 0 radical (unpaired) electrons. The maximum Gasteiger partial charge on any atom is 0.0945 e. The van der Waals surface area contributed by atoms with Gasteiger partial charge in [-0.1, -0.05) is 29.3 Å². The van der Waals surface area contributed by atoms with E-state index in [1.807, 2.05) is 7.05 Å². The molecule has 0 fully saturated rings. The summed E-state index contributed by atoms with van der Waals surface area (Å²) in [5.41, 5.74) is 3.83. The van der Waals surface area contributed by atoms with Crippen molar-refractivity contribution in [2.75, 3.05) is 20.7 Å². The second kappa shape index (κ2) is 5.13. The number of hydrogen-bond acceptors (Lipinski definition) is 2. The van der Waals surface area contributed by atoms with Gasteiger partial charge in [-0.05, 0) is 26.5 Å². The summed E-state index contributed by atoms with van der Waals surface area (Å²) in [6.45, 7) is 5.07. The minimum absolute atomic E-state index is 0.151. The van der Waals surface area contributed by atoms with Gasteiger partial charge in [0.25, 0.3) is 0 Å². The third-order valence-corrected chi connectivity index (χ3v) is 2.29. The zero-order valence-electron chi connectivity index (χ0n) is 9.42. The molecule has 1 N–H and O–H groups in total. The Hall–Kier alpha value is -0.860. The Morgan fingerprint density at radius 2 is 1.79 bits per heavy atom. The van der Waals surface area contributed by atoms with Crippen LogP contribution in [0.25, 0.3) is 0 Å². The van der Waals surface area contributed by atoms with Crippen LogP contribution in [0.3, 0.4) is 0 Å². The smallest absolute Gasteiger partial charge is 0.0945 e. The molecule has 0 amide bonds. The number of rotatable bonds is 4. The summed E-state index contributed by atoms with van der Waals surface area (Å²) in [7, 11) is 3.69. The van der Waals surface area contributed by atoms with Crippen LogP contribution in [0, 0.1) is 13.8 Å². The minimum Gasteiger partial charge on any atom is -0.375 e. The van der Waals surface area contributed by atoms with E-state index in [0.29, 0.717) is 0 Å². The van der Waals surface area contributed by atoms with Crippen molar-refractivity contribution in [1.82, 2.24) is 5.32 Å². The molecule has 14 heavy (non-hydrogen) atoms. The highest BCUT2D eigenvalue weighted by atomic mass is 16.5. The van der Waals surface area contributed by atoms with E-state index in [0.717, 1.165) is 6.54 Å². The van der Waals surface area contributed by atoms with Crippen LogP contribution in [0.15, 0.2) is 18.2 Å². The summed E-state index contributed by atoms with van der Waals surface area (Å²) >= 11 is 0. The molecule has 0 bridgehead atoms. The lowest BCUT2D eigenvalue weighted by atomic mass is 10.0. The van der Waals surface area contributed by atoms with Gasteiger partial charge < -0.3 is 10.1 Å². The van der Waals surface area contributed by atoms with Crippen molar-refractivity contribution >= 4 is 0 Å². The molecule has 78 valence electrons. The molecule has 1 atom stereocenters. The van der Waals surface area contributed by atoms with Crippen LogP contribution in [0.1, 0.15) is 22.8 Å². The second-order valence-corrected chi connectivity index (χ2v) is 3.70. The molecule has 1 unspecified atom stereocenters. The lowest BCUT2D eigenvalue weighted by molar-refractivity contribution is 0.104. The highest BCUT2D eigenvalue weighted by Crippen LogP contribution is 2.18. The van der Waals surface area contributed by atoms with E-state index in [-0.39, 0.29) is 6.10 Å². The highest BCUT2D eigenvalue weighted by Gasteiger charge is 2.09. The first kappa shape index (κ1) is 11.2. The van der Waals surface area contributed by atoms with Gasteiger partial charge in [0.2, 0.25) is 0 Å². The lowest BCUT2D eigenvalue weighted by Crippen LogP contribution is -2.18. The summed E-state index contributed by atoms with van der Waals surface area (Å²) in [6.07, 6.45) is 0.151. The number of benzene rings is 1. The molecular weight excluding hydrogens is 174 g/mol. The van der Waals surface area contributed by atoms with Crippen molar-refractivity contribution in [1.29, 1.82) is 0 Å². The first-order chi connectivity index (χ1) is 6.67. The Morgan fingerprint density at radius 1 is 1.21 bits per heavy atom. The molecule has 1 aromatic carbocycles. The van der Waals surface area contributed by atoms with Crippen LogP contribution in [0.2, 0.25) is 0 Å². The highest BCUT2D eigenvalue weighted by molar-refractivity contribution is 5.30. The average molecular weight is 193 g/mol. The molecular formula is C12H19NO. The predicted octanol–water partition coefficient (Wildman–Crippen LogP) is 2.21. The quantitative estimate of drug-likeness (QED) is 0.791. The van der Waals surface area contributed by atoms with E-state index in [9.17, 15) is 0 Å². The summed E-state index contributed by atoms with van der Waals surface area (Å²) in [6, 6.07) is 6.53. The normalized spacial score (nSPS) is 12.9.